The van der Waals surface area contributed by atoms with Crippen LogP contribution in [0.25, 0.3) is 0 Å². The van der Waals surface area contributed by atoms with E-state index in [2.05, 4.69) is 23.8 Å². The third-order valence-electron chi connectivity index (χ3n) is 4.53. The normalized spacial score (nSPS) is 18.0. The maximum absolute atomic E-state index is 11.3. The Morgan fingerprint density at radius 2 is 1.43 bits per heavy atom. The summed E-state index contributed by atoms with van der Waals surface area (Å²) in [5.74, 6) is -0.831. The van der Waals surface area contributed by atoms with Crippen molar-refractivity contribution in [1.29, 1.82) is 0 Å². The van der Waals surface area contributed by atoms with Crippen LogP contribution in [0.1, 0.15) is 96.8 Å². The van der Waals surface area contributed by atoms with Gasteiger partial charge in [0, 0.05) is 0 Å². The molecule has 3 nitrogen and oxygen atoms in total. The Labute approximate surface area is 141 Å². The minimum Gasteiger partial charge on any atom is -0.393 e. The number of rotatable bonds is 14. The molecule has 132 valence electrons. The summed E-state index contributed by atoms with van der Waals surface area (Å²) in [5.41, 5.74) is 0. The van der Waals surface area contributed by atoms with Crippen molar-refractivity contribution in [1.82, 2.24) is 0 Å². The van der Waals surface area contributed by atoms with Crippen molar-refractivity contribution in [3.63, 3.8) is 0 Å². The van der Waals surface area contributed by atoms with Gasteiger partial charge in [0.2, 0.25) is 0 Å². The van der Waals surface area contributed by atoms with Crippen LogP contribution in [-0.2, 0) is 14.3 Å². The van der Waals surface area contributed by atoms with Crippen LogP contribution >= 0.6 is 0 Å². The van der Waals surface area contributed by atoms with E-state index in [1.54, 1.807) is 0 Å². The van der Waals surface area contributed by atoms with Crippen LogP contribution in [0.3, 0.4) is 0 Å². The lowest BCUT2D eigenvalue weighted by atomic mass is 9.99. The lowest BCUT2D eigenvalue weighted by Crippen LogP contribution is -2.06. The average Bonchev–Trinajstić information content (AvgIpc) is 2.85. The van der Waals surface area contributed by atoms with Crippen LogP contribution in [0.15, 0.2) is 12.2 Å². The average molecular weight is 322 g/mol. The molecule has 0 aromatic rings. The van der Waals surface area contributed by atoms with Crippen LogP contribution in [0.5, 0.6) is 0 Å². The van der Waals surface area contributed by atoms with E-state index in [9.17, 15) is 9.59 Å². The van der Waals surface area contributed by atoms with Gasteiger partial charge in [0.1, 0.15) is 0 Å². The highest BCUT2D eigenvalue weighted by molar-refractivity contribution is 5.94. The number of carbonyl (C=O) groups is 2. The molecule has 0 radical (unpaired) electrons. The number of carbonyl (C=O) groups excluding carboxylic acids is 2. The first-order valence-corrected chi connectivity index (χ1v) is 9.63. The summed E-state index contributed by atoms with van der Waals surface area (Å²) in [6.45, 7) is 2.26. The second kappa shape index (κ2) is 13.3. The molecule has 1 unspecified atom stereocenters. The number of ether oxygens (including phenoxy) is 1. The lowest BCUT2D eigenvalue weighted by molar-refractivity contribution is -0.153. The van der Waals surface area contributed by atoms with Crippen molar-refractivity contribution in [3.05, 3.63) is 12.2 Å². The summed E-state index contributed by atoms with van der Waals surface area (Å²) in [7, 11) is 0. The predicted molar refractivity (Wildman–Crippen MR) is 94.0 cm³/mol. The quantitative estimate of drug-likeness (QED) is 0.178. The highest BCUT2D eigenvalue weighted by atomic mass is 16.6. The Morgan fingerprint density at radius 3 is 2.00 bits per heavy atom. The fraction of sp³-hybridized carbons (Fsp3) is 0.800. The fourth-order valence-corrected chi connectivity index (χ4v) is 3.03. The number of unbranched alkanes of at least 4 members (excludes halogenated alkanes) is 10. The molecule has 3 heteroatoms. The standard InChI is InChI=1S/C20H34O3/c1-2-3-4-5-6-7-8-9-10-11-12-13-14-15-16-18-17-19(21)23-20(18)22/h9-10,18H,2-8,11-17H2,1H3. The molecular weight excluding hydrogens is 288 g/mol. The Hall–Kier alpha value is -1.12. The van der Waals surface area contributed by atoms with Crippen molar-refractivity contribution in [2.24, 2.45) is 5.92 Å². The van der Waals surface area contributed by atoms with Crippen LogP contribution in [-0.4, -0.2) is 11.9 Å². The van der Waals surface area contributed by atoms with E-state index in [0.29, 0.717) is 6.42 Å². The zero-order valence-electron chi connectivity index (χ0n) is 14.9. The van der Waals surface area contributed by atoms with Crippen LogP contribution in [0.4, 0.5) is 0 Å². The largest absolute Gasteiger partial charge is 0.393 e. The zero-order chi connectivity index (χ0) is 16.8. The van der Waals surface area contributed by atoms with E-state index >= 15 is 0 Å². The molecule has 1 rings (SSSR count). The molecule has 1 heterocycles. The van der Waals surface area contributed by atoms with E-state index in [1.807, 2.05) is 0 Å². The second-order valence-electron chi connectivity index (χ2n) is 6.71. The first kappa shape index (κ1) is 19.9. The molecule has 23 heavy (non-hydrogen) atoms. The highest BCUT2D eigenvalue weighted by Gasteiger charge is 2.32. The molecule has 1 aliphatic heterocycles. The number of hydrogen-bond donors (Lipinski definition) is 0. The topological polar surface area (TPSA) is 43.4 Å². The maximum atomic E-state index is 11.3. The van der Waals surface area contributed by atoms with Crippen LogP contribution in [0, 0.1) is 5.92 Å². The third-order valence-corrected chi connectivity index (χ3v) is 4.53. The zero-order valence-corrected chi connectivity index (χ0v) is 14.9. The summed E-state index contributed by atoms with van der Waals surface area (Å²) in [6, 6.07) is 0. The second-order valence-corrected chi connectivity index (χ2v) is 6.71. The van der Waals surface area contributed by atoms with E-state index < -0.39 is 0 Å². The molecule has 0 aromatic heterocycles. The van der Waals surface area contributed by atoms with E-state index in [1.165, 1.54) is 64.2 Å². The van der Waals surface area contributed by atoms with Gasteiger partial charge in [-0.1, -0.05) is 70.4 Å². The van der Waals surface area contributed by atoms with Gasteiger partial charge in [-0.3, -0.25) is 9.59 Å². The summed E-state index contributed by atoms with van der Waals surface area (Å²) < 4.78 is 4.56. The molecule has 1 fully saturated rings. The molecule has 0 amide bonds. The van der Waals surface area contributed by atoms with Gasteiger partial charge < -0.3 is 4.74 Å². The van der Waals surface area contributed by atoms with Gasteiger partial charge in [-0.25, -0.2) is 0 Å². The van der Waals surface area contributed by atoms with Crippen molar-refractivity contribution < 1.29 is 14.3 Å². The summed E-state index contributed by atoms with van der Waals surface area (Å²) >= 11 is 0. The van der Waals surface area contributed by atoms with Gasteiger partial charge >= 0.3 is 11.9 Å². The molecule has 0 N–H and O–H groups in total. The molecule has 1 saturated heterocycles. The summed E-state index contributed by atoms with van der Waals surface area (Å²) in [6.07, 6.45) is 20.9. The van der Waals surface area contributed by atoms with Gasteiger partial charge in [0.25, 0.3) is 0 Å². The van der Waals surface area contributed by atoms with Gasteiger partial charge in [-0.2, -0.15) is 0 Å². The van der Waals surface area contributed by atoms with E-state index in [0.717, 1.165) is 19.3 Å². The molecule has 0 aromatic carbocycles. The molecular formula is C20H34O3. The number of allylic oxidation sites excluding steroid dienone is 2. The number of hydrogen-bond acceptors (Lipinski definition) is 3. The molecule has 1 aliphatic rings. The highest BCUT2D eigenvalue weighted by Crippen LogP contribution is 2.22. The smallest absolute Gasteiger partial charge is 0.317 e. The number of esters is 2. The first-order chi connectivity index (χ1) is 11.2. The van der Waals surface area contributed by atoms with E-state index in [4.69, 9.17) is 0 Å². The Balaban J connectivity index is 1.81. The van der Waals surface area contributed by atoms with Crippen molar-refractivity contribution >= 4 is 11.9 Å². The van der Waals surface area contributed by atoms with Gasteiger partial charge in [-0.05, 0) is 32.1 Å². The molecule has 0 saturated carbocycles. The van der Waals surface area contributed by atoms with E-state index in [-0.39, 0.29) is 17.9 Å². The summed E-state index contributed by atoms with van der Waals surface area (Å²) in [5, 5.41) is 0. The minimum atomic E-state index is -0.351. The Bertz CT molecular complexity index is 360. The third kappa shape index (κ3) is 10.3. The Kier molecular flexibility index (Phi) is 11.5. The van der Waals surface area contributed by atoms with Gasteiger partial charge in [0.05, 0.1) is 12.3 Å². The Morgan fingerprint density at radius 1 is 0.870 bits per heavy atom. The van der Waals surface area contributed by atoms with Gasteiger partial charge in [0.15, 0.2) is 0 Å². The monoisotopic (exact) mass is 322 g/mol. The van der Waals surface area contributed by atoms with Crippen LogP contribution in [0.2, 0.25) is 0 Å². The fourth-order valence-electron chi connectivity index (χ4n) is 3.03. The predicted octanol–water partition coefficient (Wildman–Crippen LogP) is 5.72. The van der Waals surface area contributed by atoms with Gasteiger partial charge in [-0.15, -0.1) is 0 Å². The molecule has 0 spiro atoms. The first-order valence-electron chi connectivity index (χ1n) is 9.63. The van der Waals surface area contributed by atoms with Crippen molar-refractivity contribution in [2.75, 3.05) is 0 Å². The minimum absolute atomic E-state index is 0.167. The number of cyclic esters (lactones) is 2. The van der Waals surface area contributed by atoms with Crippen LogP contribution < -0.4 is 0 Å². The summed E-state index contributed by atoms with van der Waals surface area (Å²) in [4.78, 5) is 22.3. The van der Waals surface area contributed by atoms with Crippen molar-refractivity contribution in [2.45, 2.75) is 96.8 Å². The molecule has 0 aliphatic carbocycles. The lowest BCUT2D eigenvalue weighted by Gasteiger charge is -2.03. The molecule has 1 atom stereocenters. The maximum Gasteiger partial charge on any atom is 0.317 e. The molecule has 0 bridgehead atoms. The SMILES string of the molecule is CCCCCCCCC=CCCCCCCC1CC(=O)OC1=O. The van der Waals surface area contributed by atoms with Crippen molar-refractivity contribution in [3.8, 4) is 0 Å².